The average Bonchev–Trinajstić information content (AvgIpc) is 3.79. The van der Waals surface area contributed by atoms with Gasteiger partial charge in [0.05, 0.1) is 38.5 Å². The number of hydrogen-bond acceptors (Lipinski definition) is 9. The van der Waals surface area contributed by atoms with E-state index in [1.165, 1.54) is 39.6 Å². The molecule has 1 saturated carbocycles. The molecule has 6 atom stereocenters. The number of benzene rings is 2. The maximum absolute atomic E-state index is 14.0. The lowest BCUT2D eigenvalue weighted by molar-refractivity contribution is -0.137. The van der Waals surface area contributed by atoms with Crippen LogP contribution in [-0.2, 0) is 28.5 Å². The Morgan fingerprint density at radius 2 is 1.24 bits per heavy atom. The molecule has 2 aromatic rings. The Morgan fingerprint density at radius 1 is 0.707 bits per heavy atom. The molecule has 3 aliphatic heterocycles. The van der Waals surface area contributed by atoms with Crippen molar-refractivity contribution in [3.63, 3.8) is 0 Å². The number of ether oxygens (including phenoxy) is 4. The van der Waals surface area contributed by atoms with E-state index in [1.807, 2.05) is 16.0 Å². The summed E-state index contributed by atoms with van der Waals surface area (Å²) in [6, 6.07) is 15.2. The molecule has 0 aromatic heterocycles. The van der Waals surface area contributed by atoms with E-state index in [9.17, 15) is 19.2 Å². The van der Waals surface area contributed by atoms with Crippen molar-refractivity contribution in [3.05, 3.63) is 83.6 Å². The van der Waals surface area contributed by atoms with Crippen molar-refractivity contribution in [2.24, 2.45) is 10.4 Å². The summed E-state index contributed by atoms with van der Waals surface area (Å²) < 4.78 is 20.5. The molecule has 308 valence electrons. The minimum absolute atomic E-state index is 0.0386. The summed E-state index contributed by atoms with van der Waals surface area (Å²) in [5, 5.41) is 5.35. The molecule has 2 aliphatic carbocycles. The second kappa shape index (κ2) is 17.3. The smallest absolute Gasteiger partial charge is 0.407 e. The first-order chi connectivity index (χ1) is 28.0. The Hall–Kier alpha value is -5.27. The number of alkyl carbamates (subject to hydrolysis) is 2. The van der Waals surface area contributed by atoms with Gasteiger partial charge in [0.25, 0.3) is 0 Å². The molecule has 4 amide bonds. The number of rotatable bonds is 13. The highest BCUT2D eigenvalue weighted by Gasteiger charge is 2.55. The molecule has 1 spiro atoms. The normalized spacial score (nSPS) is 22.7. The summed E-state index contributed by atoms with van der Waals surface area (Å²) in [7, 11) is 5.61. The van der Waals surface area contributed by atoms with Crippen molar-refractivity contribution in [1.29, 1.82) is 0 Å². The van der Waals surface area contributed by atoms with Crippen LogP contribution in [0.25, 0.3) is 22.3 Å². The summed E-state index contributed by atoms with van der Waals surface area (Å²) in [6.07, 6.45) is 10.1. The van der Waals surface area contributed by atoms with E-state index in [0.29, 0.717) is 19.5 Å². The first-order valence-electron chi connectivity index (χ1n) is 20.2. The SMILES string of the molecule is COC(=O)N[C@H](C(=O)N1CCC[C@H]1C1=CC=C(c2ccc(-c3ccc(C4=CN=C([C@@H]5CC6(CC6)CN5C(=O)[C@@H](NC(=O)OC)[C@@H](C)OC)C4)cc3)cc2)C1)[C@@H](C)OC. The quantitative estimate of drug-likeness (QED) is 0.246. The topological polar surface area (TPSA) is 148 Å². The van der Waals surface area contributed by atoms with Crippen molar-refractivity contribution < 1.29 is 38.1 Å². The predicted octanol–water partition coefficient (Wildman–Crippen LogP) is 6.14. The minimum atomic E-state index is -0.864. The highest BCUT2D eigenvalue weighted by atomic mass is 16.5. The van der Waals surface area contributed by atoms with Gasteiger partial charge in [-0.25, -0.2) is 9.59 Å². The van der Waals surface area contributed by atoms with Gasteiger partial charge in [0.2, 0.25) is 11.8 Å². The van der Waals surface area contributed by atoms with Gasteiger partial charge in [0.1, 0.15) is 12.1 Å². The minimum Gasteiger partial charge on any atom is -0.453 e. The molecular weight excluding hydrogens is 739 g/mol. The Balaban J connectivity index is 0.958. The van der Waals surface area contributed by atoms with Crippen molar-refractivity contribution in [1.82, 2.24) is 20.4 Å². The zero-order valence-corrected chi connectivity index (χ0v) is 34.3. The fourth-order valence-electron chi connectivity index (χ4n) is 8.86. The average molecular weight is 794 g/mol. The van der Waals surface area contributed by atoms with E-state index in [-0.39, 0.29) is 29.3 Å². The number of hydrogen-bond donors (Lipinski definition) is 2. The van der Waals surface area contributed by atoms with E-state index in [0.717, 1.165) is 72.1 Å². The lowest BCUT2D eigenvalue weighted by Crippen LogP contribution is -2.56. The van der Waals surface area contributed by atoms with Gasteiger partial charge in [-0.1, -0.05) is 60.7 Å². The van der Waals surface area contributed by atoms with E-state index >= 15 is 0 Å². The molecule has 13 heteroatoms. The molecule has 2 saturated heterocycles. The monoisotopic (exact) mass is 793 g/mol. The van der Waals surface area contributed by atoms with Crippen LogP contribution in [0.5, 0.6) is 0 Å². The van der Waals surface area contributed by atoms with Crippen LogP contribution in [0.1, 0.15) is 69.9 Å². The standard InChI is InChI=1S/C45H55N5O8/c1-27(55-3)39(47-43(53)57-5)41(51)49-21-7-8-37(49)34-18-17-33(22-34)31-13-9-29(10-14-31)30-11-15-32(16-12-30)35-23-36(46-25-35)38-24-45(19-20-45)26-50(38)42(52)40(28(2)56-4)48-44(54)58-6/h9-18,25,27-28,37-40H,7-8,19-24,26H2,1-6H3,(H,47,53)(H,48,54)/t27-,28-,37+,38+,39+,40+/m1/s1. The van der Waals surface area contributed by atoms with Crippen molar-refractivity contribution in [2.45, 2.75) is 95.2 Å². The van der Waals surface area contributed by atoms with Gasteiger partial charge in [-0.05, 0) is 96.8 Å². The molecule has 3 heterocycles. The van der Waals surface area contributed by atoms with Crippen molar-refractivity contribution in [3.8, 4) is 11.1 Å². The van der Waals surface area contributed by atoms with Gasteiger partial charge in [-0.2, -0.15) is 0 Å². The van der Waals surface area contributed by atoms with Crippen LogP contribution in [0, 0.1) is 5.41 Å². The number of aliphatic imine (C=N–C) groups is 1. The molecule has 0 bridgehead atoms. The molecule has 2 aromatic carbocycles. The number of carbonyl (C=O) groups excluding carboxylic acids is 4. The third kappa shape index (κ3) is 8.47. The van der Waals surface area contributed by atoms with Crippen LogP contribution in [0.4, 0.5) is 9.59 Å². The molecule has 0 unspecified atom stereocenters. The third-order valence-electron chi connectivity index (χ3n) is 12.7. The highest BCUT2D eigenvalue weighted by molar-refractivity contribution is 6.04. The number of nitrogens with one attached hydrogen (secondary N) is 2. The van der Waals surface area contributed by atoms with Crippen LogP contribution in [0.3, 0.4) is 0 Å². The maximum atomic E-state index is 14.0. The molecule has 58 heavy (non-hydrogen) atoms. The van der Waals surface area contributed by atoms with Gasteiger partial charge < -0.3 is 39.4 Å². The fourth-order valence-corrected chi connectivity index (χ4v) is 8.86. The Kier molecular flexibility index (Phi) is 12.2. The van der Waals surface area contributed by atoms with Gasteiger partial charge in [0, 0.05) is 45.6 Å². The van der Waals surface area contributed by atoms with Gasteiger partial charge >= 0.3 is 12.2 Å². The molecule has 0 radical (unpaired) electrons. The van der Waals surface area contributed by atoms with Crippen LogP contribution in [0.15, 0.2) is 77.4 Å². The summed E-state index contributed by atoms with van der Waals surface area (Å²) >= 11 is 0. The lowest BCUT2D eigenvalue weighted by atomic mass is 9.93. The number of likely N-dealkylation sites (tertiary alicyclic amines) is 2. The van der Waals surface area contributed by atoms with E-state index in [4.69, 9.17) is 23.9 Å². The summed E-state index contributed by atoms with van der Waals surface area (Å²) in [5.41, 5.74) is 9.04. The molecule has 7 rings (SSSR count). The summed E-state index contributed by atoms with van der Waals surface area (Å²) in [4.78, 5) is 60.5. The molecule has 13 nitrogen and oxygen atoms in total. The summed E-state index contributed by atoms with van der Waals surface area (Å²) in [6.45, 7) is 4.81. The molecule has 2 N–H and O–H groups in total. The van der Waals surface area contributed by atoms with Crippen LogP contribution < -0.4 is 10.6 Å². The maximum Gasteiger partial charge on any atom is 0.407 e. The number of carbonyl (C=O) groups is 4. The predicted molar refractivity (Wildman–Crippen MR) is 221 cm³/mol. The second-order valence-electron chi connectivity index (χ2n) is 16.2. The van der Waals surface area contributed by atoms with Crippen LogP contribution in [0.2, 0.25) is 0 Å². The van der Waals surface area contributed by atoms with Crippen LogP contribution in [-0.4, -0.2) is 117 Å². The second-order valence-corrected chi connectivity index (χ2v) is 16.2. The summed E-state index contributed by atoms with van der Waals surface area (Å²) in [5.74, 6) is -0.341. The fraction of sp³-hybridized carbons (Fsp3) is 0.489. The van der Waals surface area contributed by atoms with Gasteiger partial charge in [-0.15, -0.1) is 0 Å². The molecular formula is C45H55N5O8. The first kappa shape index (κ1) is 40.9. The van der Waals surface area contributed by atoms with E-state index < -0.39 is 36.5 Å². The van der Waals surface area contributed by atoms with E-state index in [2.05, 4.69) is 71.3 Å². The Bertz CT molecular complexity index is 2020. The van der Waals surface area contributed by atoms with Gasteiger partial charge in [-0.3, -0.25) is 14.6 Å². The van der Waals surface area contributed by atoms with Crippen molar-refractivity contribution in [2.75, 3.05) is 41.5 Å². The number of allylic oxidation sites excluding steroid dienone is 4. The highest BCUT2D eigenvalue weighted by Crippen LogP contribution is 2.55. The zero-order chi connectivity index (χ0) is 41.1. The van der Waals surface area contributed by atoms with E-state index in [1.54, 1.807) is 13.8 Å². The number of nitrogens with zero attached hydrogens (tertiary/aromatic N) is 3. The van der Waals surface area contributed by atoms with Gasteiger partial charge in [0.15, 0.2) is 0 Å². The number of amides is 4. The van der Waals surface area contributed by atoms with Crippen molar-refractivity contribution >= 4 is 40.9 Å². The molecule has 3 fully saturated rings. The largest absolute Gasteiger partial charge is 0.453 e. The Morgan fingerprint density at radius 3 is 1.78 bits per heavy atom. The molecule has 5 aliphatic rings. The third-order valence-corrected chi connectivity index (χ3v) is 12.7. The number of methoxy groups -OCH3 is 4. The van der Waals surface area contributed by atoms with Crippen LogP contribution >= 0.6 is 0 Å². The Labute approximate surface area is 340 Å². The zero-order valence-electron chi connectivity index (χ0n) is 34.3. The lowest BCUT2D eigenvalue weighted by Gasteiger charge is -2.32. The first-order valence-corrected chi connectivity index (χ1v) is 20.2.